The Morgan fingerprint density at radius 3 is 2.62 bits per heavy atom. The Morgan fingerprint density at radius 1 is 1.24 bits per heavy atom. The summed E-state index contributed by atoms with van der Waals surface area (Å²) in [6.07, 6.45) is 3.39. The molecule has 156 valence electrons. The lowest BCUT2D eigenvalue weighted by Crippen LogP contribution is -2.43. The number of nitrogens with one attached hydrogen (secondary N) is 1. The summed E-state index contributed by atoms with van der Waals surface area (Å²) in [7, 11) is 0. The lowest BCUT2D eigenvalue weighted by atomic mass is 10.2. The zero-order chi connectivity index (χ0) is 21.4. The second-order valence-electron chi connectivity index (χ2n) is 6.33. The van der Waals surface area contributed by atoms with Gasteiger partial charge in [-0.3, -0.25) is 19.1 Å². The van der Waals surface area contributed by atoms with Crippen molar-refractivity contribution in [1.82, 2.24) is 14.5 Å². The third kappa shape index (κ3) is 5.31. The van der Waals surface area contributed by atoms with E-state index in [9.17, 15) is 19.2 Å². The van der Waals surface area contributed by atoms with Gasteiger partial charge in [-0.15, -0.1) is 0 Å². The van der Waals surface area contributed by atoms with E-state index in [0.717, 1.165) is 11.3 Å². The minimum absolute atomic E-state index is 0.0641. The molecule has 0 aliphatic carbocycles. The first kappa shape index (κ1) is 21.9. The summed E-state index contributed by atoms with van der Waals surface area (Å²) in [5, 5.41) is 0. The molecule has 0 saturated carbocycles. The molecule has 10 nitrogen and oxygen atoms in total. The molecule has 0 spiro atoms. The molecule has 0 saturated heterocycles. The lowest BCUT2D eigenvalue weighted by Gasteiger charge is -2.24. The Morgan fingerprint density at radius 2 is 2.00 bits per heavy atom. The van der Waals surface area contributed by atoms with Crippen LogP contribution in [0.15, 0.2) is 34.0 Å². The number of unbranched alkanes of at least 4 members (excludes halogenated alkanes) is 1. The van der Waals surface area contributed by atoms with Crippen molar-refractivity contribution in [1.29, 1.82) is 0 Å². The van der Waals surface area contributed by atoms with Crippen LogP contribution in [0.1, 0.15) is 43.6 Å². The number of rotatable bonds is 9. The van der Waals surface area contributed by atoms with Crippen LogP contribution in [0, 0.1) is 0 Å². The number of pyridine rings is 1. The Kier molecular flexibility index (Phi) is 7.70. The predicted molar refractivity (Wildman–Crippen MR) is 108 cm³/mol. The topological polar surface area (TPSA) is 140 Å². The quantitative estimate of drug-likeness (QED) is 0.593. The van der Waals surface area contributed by atoms with Crippen LogP contribution in [-0.4, -0.2) is 39.6 Å². The monoisotopic (exact) mass is 403 g/mol. The molecule has 2 aromatic rings. The molecule has 29 heavy (non-hydrogen) atoms. The summed E-state index contributed by atoms with van der Waals surface area (Å²) in [5.41, 5.74) is 4.60. The molecule has 10 heteroatoms. The highest BCUT2D eigenvalue weighted by Gasteiger charge is 2.25. The number of ether oxygens (including phenoxy) is 1. The normalized spacial score (nSPS) is 10.6. The van der Waals surface area contributed by atoms with Crippen LogP contribution in [0.3, 0.4) is 0 Å². The molecule has 2 heterocycles. The second kappa shape index (κ2) is 10.2. The number of aromatic amines is 1. The lowest BCUT2D eigenvalue weighted by molar-refractivity contribution is -0.121. The number of carbonyl (C=O) groups excluding carboxylic acids is 2. The molecule has 0 aliphatic rings. The summed E-state index contributed by atoms with van der Waals surface area (Å²) in [4.78, 5) is 56.5. The van der Waals surface area contributed by atoms with E-state index in [1.54, 1.807) is 12.1 Å². The van der Waals surface area contributed by atoms with Crippen LogP contribution in [0.4, 0.5) is 11.5 Å². The van der Waals surface area contributed by atoms with E-state index >= 15 is 0 Å². The fraction of sp³-hybridized carbons (Fsp3) is 0.421. The standard InChI is InChI=1S/C19H25N5O5/c1-3-5-11-23(14(25)12-29-18(27)13-8-6-7-9-21-13)15-16(20)24(10-4-2)19(28)22-17(15)26/h6-9H,3-5,10-12,20H2,1-2H3,(H,22,26,28). The average Bonchev–Trinajstić information content (AvgIpc) is 2.71. The number of nitrogens with two attached hydrogens (primary N) is 1. The number of hydrogen-bond donors (Lipinski definition) is 2. The van der Waals surface area contributed by atoms with Crippen LogP contribution in [0.5, 0.6) is 0 Å². The fourth-order valence-electron chi connectivity index (χ4n) is 2.72. The van der Waals surface area contributed by atoms with Gasteiger partial charge in [-0.25, -0.2) is 14.6 Å². The third-order valence-electron chi connectivity index (χ3n) is 4.17. The summed E-state index contributed by atoms with van der Waals surface area (Å²) >= 11 is 0. The molecule has 0 aromatic carbocycles. The highest BCUT2D eigenvalue weighted by molar-refractivity contribution is 5.98. The van der Waals surface area contributed by atoms with Gasteiger partial charge in [-0.05, 0) is 25.0 Å². The fourth-order valence-corrected chi connectivity index (χ4v) is 2.72. The van der Waals surface area contributed by atoms with Crippen LogP contribution >= 0.6 is 0 Å². The van der Waals surface area contributed by atoms with Crippen molar-refractivity contribution in [3.63, 3.8) is 0 Å². The Labute approximate surface area is 167 Å². The molecule has 2 rings (SSSR count). The van der Waals surface area contributed by atoms with Crippen LogP contribution in [0.25, 0.3) is 0 Å². The van der Waals surface area contributed by atoms with Gasteiger partial charge in [0.05, 0.1) is 0 Å². The zero-order valence-electron chi connectivity index (χ0n) is 16.5. The Hall–Kier alpha value is -3.43. The molecule has 0 radical (unpaired) electrons. The van der Waals surface area contributed by atoms with Crippen molar-refractivity contribution in [3.05, 3.63) is 50.9 Å². The molecular weight excluding hydrogens is 378 g/mol. The average molecular weight is 403 g/mol. The molecule has 0 unspecified atom stereocenters. The molecule has 2 aromatic heterocycles. The van der Waals surface area contributed by atoms with Crippen molar-refractivity contribution >= 4 is 23.4 Å². The number of anilines is 2. The number of aromatic nitrogens is 3. The van der Waals surface area contributed by atoms with Crippen molar-refractivity contribution in [2.24, 2.45) is 0 Å². The maximum atomic E-state index is 12.8. The van der Waals surface area contributed by atoms with Crippen molar-refractivity contribution in [3.8, 4) is 0 Å². The van der Waals surface area contributed by atoms with E-state index in [0.29, 0.717) is 19.4 Å². The number of nitrogens with zero attached hydrogens (tertiary/aromatic N) is 3. The molecule has 0 fully saturated rings. The van der Waals surface area contributed by atoms with E-state index in [2.05, 4.69) is 9.97 Å². The number of nitrogen functional groups attached to an aromatic ring is 1. The first-order valence-corrected chi connectivity index (χ1v) is 9.41. The van der Waals surface area contributed by atoms with Gasteiger partial charge in [0.2, 0.25) is 0 Å². The number of carbonyl (C=O) groups is 2. The Balaban J connectivity index is 2.30. The third-order valence-corrected chi connectivity index (χ3v) is 4.17. The second-order valence-corrected chi connectivity index (χ2v) is 6.33. The summed E-state index contributed by atoms with van der Waals surface area (Å²) in [6.45, 7) is 3.67. The van der Waals surface area contributed by atoms with Gasteiger partial charge in [0.25, 0.3) is 11.5 Å². The number of hydrogen-bond acceptors (Lipinski definition) is 7. The smallest absolute Gasteiger partial charge is 0.357 e. The predicted octanol–water partition coefficient (Wildman–Crippen LogP) is 0.914. The first-order valence-electron chi connectivity index (χ1n) is 9.41. The SMILES string of the molecule is CCCCN(C(=O)COC(=O)c1ccccn1)c1c(N)n(CCC)c(=O)[nH]c1=O. The van der Waals surface area contributed by atoms with E-state index in [4.69, 9.17) is 10.5 Å². The zero-order valence-corrected chi connectivity index (χ0v) is 16.5. The van der Waals surface area contributed by atoms with Gasteiger partial charge < -0.3 is 15.4 Å². The summed E-state index contributed by atoms with van der Waals surface area (Å²) < 4.78 is 6.25. The maximum Gasteiger partial charge on any atom is 0.357 e. The van der Waals surface area contributed by atoms with Gasteiger partial charge >= 0.3 is 11.7 Å². The number of amides is 1. The van der Waals surface area contributed by atoms with Crippen molar-refractivity contribution in [2.45, 2.75) is 39.7 Å². The summed E-state index contributed by atoms with van der Waals surface area (Å²) in [5.74, 6) is -1.48. The molecular formula is C19H25N5O5. The molecule has 1 amide bonds. The van der Waals surface area contributed by atoms with Crippen molar-refractivity contribution in [2.75, 3.05) is 23.8 Å². The highest BCUT2D eigenvalue weighted by Crippen LogP contribution is 2.18. The van der Waals surface area contributed by atoms with Gasteiger partial charge in [0, 0.05) is 19.3 Å². The number of H-pyrrole nitrogens is 1. The minimum atomic E-state index is -0.764. The first-order chi connectivity index (χ1) is 13.9. The maximum absolute atomic E-state index is 12.8. The van der Waals surface area contributed by atoms with E-state index in [1.165, 1.54) is 16.8 Å². The van der Waals surface area contributed by atoms with E-state index < -0.39 is 29.7 Å². The van der Waals surface area contributed by atoms with Gasteiger partial charge in [-0.2, -0.15) is 0 Å². The minimum Gasteiger partial charge on any atom is -0.451 e. The van der Waals surface area contributed by atoms with Gasteiger partial charge in [-0.1, -0.05) is 26.3 Å². The molecule has 3 N–H and O–H groups in total. The highest BCUT2D eigenvalue weighted by atomic mass is 16.5. The Bertz CT molecular complexity index is 967. The van der Waals surface area contributed by atoms with E-state index in [1.807, 2.05) is 13.8 Å². The van der Waals surface area contributed by atoms with Gasteiger partial charge in [0.1, 0.15) is 11.5 Å². The van der Waals surface area contributed by atoms with Crippen LogP contribution in [-0.2, 0) is 16.1 Å². The van der Waals surface area contributed by atoms with Crippen LogP contribution < -0.4 is 21.9 Å². The largest absolute Gasteiger partial charge is 0.451 e. The number of esters is 1. The molecule has 0 bridgehead atoms. The van der Waals surface area contributed by atoms with E-state index in [-0.39, 0.29) is 23.7 Å². The molecule has 0 aliphatic heterocycles. The van der Waals surface area contributed by atoms with Crippen LogP contribution in [0.2, 0.25) is 0 Å². The van der Waals surface area contributed by atoms with Gasteiger partial charge in [0.15, 0.2) is 12.3 Å². The molecule has 0 atom stereocenters. The summed E-state index contributed by atoms with van der Waals surface area (Å²) in [6, 6.07) is 4.73. The van der Waals surface area contributed by atoms with Crippen molar-refractivity contribution < 1.29 is 14.3 Å².